The number of benzene rings is 2. The molecular formula is C17H18O4. The molecule has 2 aromatic rings. The van der Waals surface area contributed by atoms with Gasteiger partial charge in [-0.25, -0.2) is 0 Å². The van der Waals surface area contributed by atoms with Crippen LogP contribution in [0.25, 0.3) is 0 Å². The van der Waals surface area contributed by atoms with Gasteiger partial charge in [-0.15, -0.1) is 0 Å². The number of carbonyl (C=O) groups excluding carboxylic acids is 1. The number of aliphatic hydroxyl groups is 1. The van der Waals surface area contributed by atoms with Gasteiger partial charge in [0.25, 0.3) is 0 Å². The number of carbonyl (C=O) groups is 1. The third-order valence-electron chi connectivity index (χ3n) is 3.00. The van der Waals surface area contributed by atoms with E-state index in [0.717, 1.165) is 17.5 Å². The number of hydrogen-bond donors (Lipinski definition) is 1. The van der Waals surface area contributed by atoms with Gasteiger partial charge in [0.15, 0.2) is 6.79 Å². The Bertz CT molecular complexity index is 549. The van der Waals surface area contributed by atoms with E-state index in [2.05, 4.69) is 0 Å². The van der Waals surface area contributed by atoms with Crippen LogP contribution in [-0.4, -0.2) is 24.5 Å². The van der Waals surface area contributed by atoms with Gasteiger partial charge in [0.1, 0.15) is 5.75 Å². The largest absolute Gasteiger partial charge is 0.468 e. The van der Waals surface area contributed by atoms with Crippen molar-refractivity contribution >= 4 is 5.97 Å². The van der Waals surface area contributed by atoms with Crippen LogP contribution in [0, 0.1) is 0 Å². The second-order valence-corrected chi connectivity index (χ2v) is 4.55. The molecule has 110 valence electrons. The zero-order chi connectivity index (χ0) is 14.9. The number of ether oxygens (including phenoxy) is 2. The maximum Gasteiger partial charge on any atom is 0.310 e. The Morgan fingerprint density at radius 2 is 1.67 bits per heavy atom. The number of rotatable bonds is 7. The molecule has 0 spiro atoms. The van der Waals surface area contributed by atoms with Gasteiger partial charge in [-0.05, 0) is 23.3 Å². The highest BCUT2D eigenvalue weighted by Gasteiger charge is 2.05. The van der Waals surface area contributed by atoms with Crippen molar-refractivity contribution in [3.8, 4) is 5.75 Å². The monoisotopic (exact) mass is 286 g/mol. The predicted molar refractivity (Wildman–Crippen MR) is 79.0 cm³/mol. The van der Waals surface area contributed by atoms with Gasteiger partial charge in [0.05, 0.1) is 13.0 Å². The van der Waals surface area contributed by atoms with Gasteiger partial charge in [-0.1, -0.05) is 42.5 Å². The van der Waals surface area contributed by atoms with E-state index in [9.17, 15) is 4.79 Å². The molecule has 21 heavy (non-hydrogen) atoms. The van der Waals surface area contributed by atoms with E-state index in [-0.39, 0.29) is 19.2 Å². The molecule has 0 heterocycles. The van der Waals surface area contributed by atoms with Crippen molar-refractivity contribution in [2.75, 3.05) is 13.4 Å². The summed E-state index contributed by atoms with van der Waals surface area (Å²) in [6.45, 7) is 0.0232. The molecule has 4 nitrogen and oxygen atoms in total. The van der Waals surface area contributed by atoms with Crippen LogP contribution < -0.4 is 4.74 Å². The Kier molecular flexibility index (Phi) is 5.79. The molecule has 0 bridgehead atoms. The fraction of sp³-hybridized carbons (Fsp3) is 0.235. The highest BCUT2D eigenvalue weighted by atomic mass is 16.6. The number of aliphatic hydroxyl groups excluding tert-OH is 1. The van der Waals surface area contributed by atoms with E-state index >= 15 is 0 Å². The standard InChI is InChI=1S/C17H18O4/c18-13-21-16-8-6-15(7-9-16)12-17(19)20-11-10-14-4-2-1-3-5-14/h1-9,18H,10-13H2. The minimum atomic E-state index is -0.360. The SMILES string of the molecule is O=C(Cc1ccc(OCO)cc1)OCCc1ccccc1. The molecule has 2 aromatic carbocycles. The zero-order valence-electron chi connectivity index (χ0n) is 11.7. The summed E-state index contributed by atoms with van der Waals surface area (Å²) in [4.78, 5) is 11.7. The summed E-state index contributed by atoms with van der Waals surface area (Å²) in [7, 11) is 0. The van der Waals surface area contributed by atoms with E-state index in [0.29, 0.717) is 12.4 Å². The zero-order valence-corrected chi connectivity index (χ0v) is 11.7. The summed E-state index contributed by atoms with van der Waals surface area (Å²) < 4.78 is 10.1. The van der Waals surface area contributed by atoms with Crippen molar-refractivity contribution in [3.05, 3.63) is 65.7 Å². The van der Waals surface area contributed by atoms with Crippen molar-refractivity contribution < 1.29 is 19.4 Å². The normalized spacial score (nSPS) is 10.1. The molecular weight excluding hydrogens is 268 g/mol. The first-order valence-electron chi connectivity index (χ1n) is 6.80. The Hall–Kier alpha value is -2.33. The average Bonchev–Trinajstić information content (AvgIpc) is 2.51. The highest BCUT2D eigenvalue weighted by molar-refractivity contribution is 5.72. The summed E-state index contributed by atoms with van der Waals surface area (Å²) in [6.07, 6.45) is 0.948. The smallest absolute Gasteiger partial charge is 0.310 e. The maximum absolute atomic E-state index is 11.7. The first kappa shape index (κ1) is 15.1. The lowest BCUT2D eigenvalue weighted by Gasteiger charge is -2.06. The molecule has 2 rings (SSSR count). The third kappa shape index (κ3) is 5.28. The van der Waals surface area contributed by atoms with Crippen LogP contribution in [0.4, 0.5) is 0 Å². The van der Waals surface area contributed by atoms with E-state index in [1.54, 1.807) is 24.3 Å². The fourth-order valence-corrected chi connectivity index (χ4v) is 1.92. The van der Waals surface area contributed by atoms with Gasteiger partial charge >= 0.3 is 5.97 Å². The summed E-state index contributed by atoms with van der Waals surface area (Å²) in [5.41, 5.74) is 2.00. The lowest BCUT2D eigenvalue weighted by atomic mass is 10.1. The van der Waals surface area contributed by atoms with Crippen molar-refractivity contribution in [1.82, 2.24) is 0 Å². The van der Waals surface area contributed by atoms with Crippen molar-refractivity contribution in [2.45, 2.75) is 12.8 Å². The summed E-state index contributed by atoms with van der Waals surface area (Å²) in [5, 5.41) is 8.63. The molecule has 0 aliphatic rings. The van der Waals surface area contributed by atoms with Crippen LogP contribution >= 0.6 is 0 Å². The van der Waals surface area contributed by atoms with Gasteiger partial charge in [0.2, 0.25) is 0 Å². The Morgan fingerprint density at radius 3 is 2.33 bits per heavy atom. The Labute approximate surface area is 123 Å². The minimum Gasteiger partial charge on any atom is -0.468 e. The van der Waals surface area contributed by atoms with Crippen LogP contribution in [-0.2, 0) is 22.4 Å². The molecule has 4 heteroatoms. The first-order valence-corrected chi connectivity index (χ1v) is 6.80. The lowest BCUT2D eigenvalue weighted by molar-refractivity contribution is -0.142. The van der Waals surface area contributed by atoms with E-state index in [1.807, 2.05) is 30.3 Å². The Morgan fingerprint density at radius 1 is 0.952 bits per heavy atom. The first-order chi connectivity index (χ1) is 10.3. The number of hydrogen-bond acceptors (Lipinski definition) is 4. The molecule has 0 fully saturated rings. The van der Waals surface area contributed by atoms with E-state index in [1.165, 1.54) is 0 Å². The quantitative estimate of drug-likeness (QED) is 0.627. The minimum absolute atomic E-state index is 0.230. The summed E-state index contributed by atoms with van der Waals surface area (Å²) in [6, 6.07) is 16.9. The second kappa shape index (κ2) is 8.07. The number of esters is 1. The Balaban J connectivity index is 1.74. The molecule has 0 amide bonds. The third-order valence-corrected chi connectivity index (χ3v) is 3.00. The van der Waals surface area contributed by atoms with Gasteiger partial charge in [0, 0.05) is 6.42 Å². The molecule has 0 saturated heterocycles. The van der Waals surface area contributed by atoms with Crippen LogP contribution in [0.3, 0.4) is 0 Å². The molecule has 0 aliphatic heterocycles. The highest BCUT2D eigenvalue weighted by Crippen LogP contribution is 2.12. The summed E-state index contributed by atoms with van der Waals surface area (Å²) in [5.74, 6) is 0.320. The topological polar surface area (TPSA) is 55.8 Å². The van der Waals surface area contributed by atoms with E-state index in [4.69, 9.17) is 14.6 Å². The van der Waals surface area contributed by atoms with Crippen molar-refractivity contribution in [2.24, 2.45) is 0 Å². The van der Waals surface area contributed by atoms with Crippen LogP contribution in [0.15, 0.2) is 54.6 Å². The van der Waals surface area contributed by atoms with Crippen molar-refractivity contribution in [1.29, 1.82) is 0 Å². The second-order valence-electron chi connectivity index (χ2n) is 4.55. The lowest BCUT2D eigenvalue weighted by Crippen LogP contribution is -2.10. The maximum atomic E-state index is 11.7. The molecule has 0 saturated carbocycles. The van der Waals surface area contributed by atoms with Gasteiger partial charge < -0.3 is 14.6 Å². The molecule has 0 aromatic heterocycles. The fourth-order valence-electron chi connectivity index (χ4n) is 1.92. The molecule has 0 aliphatic carbocycles. The molecule has 0 radical (unpaired) electrons. The predicted octanol–water partition coefficient (Wildman–Crippen LogP) is 2.34. The van der Waals surface area contributed by atoms with Crippen LogP contribution in [0.2, 0.25) is 0 Å². The van der Waals surface area contributed by atoms with Crippen molar-refractivity contribution in [3.63, 3.8) is 0 Å². The molecule has 0 atom stereocenters. The average molecular weight is 286 g/mol. The molecule has 0 unspecified atom stereocenters. The van der Waals surface area contributed by atoms with Crippen LogP contribution in [0.5, 0.6) is 5.75 Å². The molecule has 1 N–H and O–H groups in total. The van der Waals surface area contributed by atoms with Gasteiger partial charge in [-0.3, -0.25) is 4.79 Å². The van der Waals surface area contributed by atoms with E-state index < -0.39 is 0 Å². The van der Waals surface area contributed by atoms with Crippen LogP contribution in [0.1, 0.15) is 11.1 Å². The van der Waals surface area contributed by atoms with Gasteiger partial charge in [-0.2, -0.15) is 0 Å². The summed E-state index contributed by atoms with van der Waals surface area (Å²) >= 11 is 0.